The zero-order valence-electron chi connectivity index (χ0n) is 7.86. The number of aromatic nitrogens is 2. The van der Waals surface area contributed by atoms with E-state index in [-0.39, 0.29) is 5.69 Å². The molecule has 1 heterocycles. The summed E-state index contributed by atoms with van der Waals surface area (Å²) in [7, 11) is 0. The zero-order valence-corrected chi connectivity index (χ0v) is 9.49. The molecular weight excluding hydrogens is 248 g/mol. The maximum absolute atomic E-state index is 10.5. The number of benzene rings is 1. The Bertz CT molecular complexity index is 515. The molecule has 0 atom stereocenters. The number of hydrogen-bond donors (Lipinski definition) is 1. The lowest BCUT2D eigenvalue weighted by Crippen LogP contribution is -1.92. The molecule has 16 heavy (non-hydrogen) atoms. The monoisotopic (exact) mass is 254 g/mol. The molecule has 0 saturated carbocycles. The topological polar surface area (TPSA) is 94.9 Å². The second-order valence-electron chi connectivity index (χ2n) is 2.79. The molecule has 2 N–H and O–H groups in total. The average Bonchev–Trinajstić information content (AvgIpc) is 2.73. The van der Waals surface area contributed by atoms with Gasteiger partial charge in [0.15, 0.2) is 4.34 Å². The fourth-order valence-corrected chi connectivity index (χ4v) is 2.47. The summed E-state index contributed by atoms with van der Waals surface area (Å²) < 4.78 is 4.60. The highest BCUT2D eigenvalue weighted by molar-refractivity contribution is 8.01. The Balaban J connectivity index is 2.26. The standard InChI is InChI=1S/C8H6N4O2S2/c9-6-3-5(12(13)14)1-2-7(6)15-8-10-4-11-16-8/h1-4H,9H2. The van der Waals surface area contributed by atoms with Gasteiger partial charge < -0.3 is 5.73 Å². The first-order valence-corrected chi connectivity index (χ1v) is 5.74. The van der Waals surface area contributed by atoms with Crippen molar-refractivity contribution in [3.63, 3.8) is 0 Å². The van der Waals surface area contributed by atoms with Crippen LogP contribution in [0.15, 0.2) is 33.8 Å². The fourth-order valence-electron chi connectivity index (χ4n) is 1.04. The van der Waals surface area contributed by atoms with Crippen LogP contribution in [-0.2, 0) is 0 Å². The molecule has 0 radical (unpaired) electrons. The zero-order chi connectivity index (χ0) is 11.5. The van der Waals surface area contributed by atoms with Crippen molar-refractivity contribution in [2.75, 3.05) is 5.73 Å². The van der Waals surface area contributed by atoms with E-state index in [0.717, 1.165) is 9.24 Å². The Morgan fingerprint density at radius 2 is 2.31 bits per heavy atom. The van der Waals surface area contributed by atoms with Gasteiger partial charge in [0, 0.05) is 17.0 Å². The number of nitrogens with two attached hydrogens (primary N) is 1. The Morgan fingerprint density at radius 3 is 2.88 bits per heavy atom. The molecular formula is C8H6N4O2S2. The molecule has 82 valence electrons. The summed E-state index contributed by atoms with van der Waals surface area (Å²) in [6.07, 6.45) is 1.45. The lowest BCUT2D eigenvalue weighted by atomic mass is 10.3. The van der Waals surface area contributed by atoms with Crippen LogP contribution >= 0.6 is 23.3 Å². The van der Waals surface area contributed by atoms with Crippen molar-refractivity contribution in [3.8, 4) is 0 Å². The molecule has 8 heteroatoms. The number of nitrogen functional groups attached to an aromatic ring is 1. The van der Waals surface area contributed by atoms with E-state index in [0.29, 0.717) is 5.69 Å². The highest BCUT2D eigenvalue weighted by atomic mass is 32.2. The minimum Gasteiger partial charge on any atom is -0.398 e. The average molecular weight is 254 g/mol. The molecule has 1 aromatic heterocycles. The van der Waals surface area contributed by atoms with E-state index in [4.69, 9.17) is 5.73 Å². The first kappa shape index (κ1) is 10.8. The van der Waals surface area contributed by atoms with E-state index in [1.165, 1.54) is 41.8 Å². The second-order valence-corrected chi connectivity index (χ2v) is 4.86. The van der Waals surface area contributed by atoms with Crippen molar-refractivity contribution < 1.29 is 4.92 Å². The third-order valence-electron chi connectivity index (χ3n) is 1.74. The quantitative estimate of drug-likeness (QED) is 0.512. The molecule has 2 rings (SSSR count). The van der Waals surface area contributed by atoms with E-state index < -0.39 is 4.92 Å². The number of nitro benzene ring substituents is 1. The fraction of sp³-hybridized carbons (Fsp3) is 0. The summed E-state index contributed by atoms with van der Waals surface area (Å²) in [4.78, 5) is 14.8. The predicted octanol–water partition coefficient (Wildman–Crippen LogP) is 2.18. The molecule has 0 amide bonds. The minimum atomic E-state index is -0.476. The third-order valence-corrected chi connectivity index (χ3v) is 3.55. The molecule has 0 spiro atoms. The molecule has 0 saturated heterocycles. The summed E-state index contributed by atoms with van der Waals surface area (Å²) in [6, 6.07) is 4.36. The highest BCUT2D eigenvalue weighted by Crippen LogP contribution is 2.34. The van der Waals surface area contributed by atoms with Crippen LogP contribution in [0.25, 0.3) is 0 Å². The first-order chi connectivity index (χ1) is 7.66. The SMILES string of the molecule is Nc1cc([N+](=O)[O-])ccc1Sc1ncns1. The van der Waals surface area contributed by atoms with Crippen molar-refractivity contribution in [1.29, 1.82) is 0 Å². The van der Waals surface area contributed by atoms with Gasteiger partial charge in [-0.15, -0.1) is 0 Å². The van der Waals surface area contributed by atoms with Crippen molar-refractivity contribution in [2.45, 2.75) is 9.24 Å². The highest BCUT2D eigenvalue weighted by Gasteiger charge is 2.10. The predicted molar refractivity (Wildman–Crippen MR) is 61.5 cm³/mol. The number of rotatable bonds is 3. The smallest absolute Gasteiger partial charge is 0.271 e. The summed E-state index contributed by atoms with van der Waals surface area (Å²) in [5.74, 6) is 0. The normalized spacial score (nSPS) is 10.2. The van der Waals surface area contributed by atoms with Crippen LogP contribution in [0.5, 0.6) is 0 Å². The van der Waals surface area contributed by atoms with Gasteiger partial charge in [0.25, 0.3) is 5.69 Å². The molecule has 0 aliphatic heterocycles. The molecule has 0 aliphatic rings. The number of non-ortho nitro benzene ring substituents is 1. The number of nitro groups is 1. The van der Waals surface area contributed by atoms with Gasteiger partial charge in [0.1, 0.15) is 6.33 Å². The third kappa shape index (κ3) is 2.28. The van der Waals surface area contributed by atoms with E-state index in [9.17, 15) is 10.1 Å². The number of hydrogen-bond acceptors (Lipinski definition) is 7. The Hall–Kier alpha value is -1.67. The summed E-state index contributed by atoms with van der Waals surface area (Å²) >= 11 is 2.59. The molecule has 0 fully saturated rings. The van der Waals surface area contributed by atoms with Gasteiger partial charge in [0.2, 0.25) is 0 Å². The maximum atomic E-state index is 10.5. The van der Waals surface area contributed by atoms with Crippen LogP contribution in [0.3, 0.4) is 0 Å². The molecule has 1 aromatic carbocycles. The van der Waals surface area contributed by atoms with Crippen molar-refractivity contribution in [2.24, 2.45) is 0 Å². The number of nitrogens with zero attached hydrogens (tertiary/aromatic N) is 3. The van der Waals surface area contributed by atoms with Gasteiger partial charge in [0.05, 0.1) is 10.6 Å². The Morgan fingerprint density at radius 1 is 1.50 bits per heavy atom. The van der Waals surface area contributed by atoms with Crippen LogP contribution in [0, 0.1) is 10.1 Å². The Labute approximate surface area is 98.8 Å². The van der Waals surface area contributed by atoms with Crippen LogP contribution in [0.4, 0.5) is 11.4 Å². The lowest BCUT2D eigenvalue weighted by Gasteiger charge is -2.01. The van der Waals surface area contributed by atoms with E-state index in [1.54, 1.807) is 6.07 Å². The van der Waals surface area contributed by atoms with Gasteiger partial charge in [-0.3, -0.25) is 10.1 Å². The van der Waals surface area contributed by atoms with Gasteiger partial charge in [-0.2, -0.15) is 4.37 Å². The van der Waals surface area contributed by atoms with E-state index >= 15 is 0 Å². The van der Waals surface area contributed by atoms with Crippen LogP contribution in [0.2, 0.25) is 0 Å². The lowest BCUT2D eigenvalue weighted by molar-refractivity contribution is -0.384. The van der Waals surface area contributed by atoms with E-state index in [1.807, 2.05) is 0 Å². The van der Waals surface area contributed by atoms with Gasteiger partial charge >= 0.3 is 0 Å². The van der Waals surface area contributed by atoms with Gasteiger partial charge in [-0.25, -0.2) is 4.98 Å². The molecule has 2 aromatic rings. The van der Waals surface area contributed by atoms with Crippen LogP contribution < -0.4 is 5.73 Å². The molecule has 0 bridgehead atoms. The molecule has 6 nitrogen and oxygen atoms in total. The van der Waals surface area contributed by atoms with Crippen molar-refractivity contribution >= 4 is 34.7 Å². The van der Waals surface area contributed by atoms with Crippen LogP contribution in [0.1, 0.15) is 0 Å². The minimum absolute atomic E-state index is 0.0147. The van der Waals surface area contributed by atoms with Crippen molar-refractivity contribution in [3.05, 3.63) is 34.6 Å². The Kier molecular flexibility index (Phi) is 3.02. The summed E-state index contributed by atoms with van der Waals surface area (Å²) in [6.45, 7) is 0. The van der Waals surface area contributed by atoms with Crippen molar-refractivity contribution in [1.82, 2.24) is 9.36 Å². The summed E-state index contributed by atoms with van der Waals surface area (Å²) in [5.41, 5.74) is 6.06. The second kappa shape index (κ2) is 4.45. The van der Waals surface area contributed by atoms with E-state index in [2.05, 4.69) is 9.36 Å². The summed E-state index contributed by atoms with van der Waals surface area (Å²) in [5, 5.41) is 10.5. The van der Waals surface area contributed by atoms with Gasteiger partial charge in [-0.1, -0.05) is 11.8 Å². The van der Waals surface area contributed by atoms with Crippen LogP contribution in [-0.4, -0.2) is 14.3 Å². The molecule has 0 unspecified atom stereocenters. The first-order valence-electron chi connectivity index (χ1n) is 4.15. The van der Waals surface area contributed by atoms with Gasteiger partial charge in [-0.05, 0) is 17.6 Å². The molecule has 0 aliphatic carbocycles. The maximum Gasteiger partial charge on any atom is 0.271 e. The largest absolute Gasteiger partial charge is 0.398 e. The number of anilines is 1.